The van der Waals surface area contributed by atoms with Gasteiger partial charge >= 0.3 is 5.97 Å². The van der Waals surface area contributed by atoms with Crippen molar-refractivity contribution in [3.05, 3.63) is 35.9 Å². The molecule has 0 saturated carbocycles. The van der Waals surface area contributed by atoms with E-state index < -0.39 is 17.4 Å². The van der Waals surface area contributed by atoms with Gasteiger partial charge in [0.25, 0.3) is 0 Å². The molecule has 1 rings (SSSR count). The number of amides is 1. The SMILES string of the molecule is COC(=O)[C@H](Cc1ccccc1)NC(=O)C(C)(C)C. The Labute approximate surface area is 114 Å². The van der Waals surface area contributed by atoms with Gasteiger partial charge in [-0.15, -0.1) is 0 Å². The third-order valence-corrected chi connectivity index (χ3v) is 2.75. The van der Waals surface area contributed by atoms with Crippen LogP contribution in [0.15, 0.2) is 30.3 Å². The summed E-state index contributed by atoms with van der Waals surface area (Å²) in [4.78, 5) is 23.7. The fourth-order valence-corrected chi connectivity index (χ4v) is 1.56. The van der Waals surface area contributed by atoms with Gasteiger partial charge in [-0.25, -0.2) is 4.79 Å². The number of ether oxygens (including phenoxy) is 1. The first kappa shape index (κ1) is 15.2. The maximum atomic E-state index is 12.0. The average Bonchev–Trinajstić information content (AvgIpc) is 2.37. The van der Waals surface area contributed by atoms with Crippen LogP contribution in [0, 0.1) is 5.41 Å². The van der Waals surface area contributed by atoms with Crippen LogP contribution in [-0.4, -0.2) is 25.0 Å². The highest BCUT2D eigenvalue weighted by molar-refractivity contribution is 5.87. The van der Waals surface area contributed by atoms with Crippen molar-refractivity contribution < 1.29 is 14.3 Å². The molecule has 104 valence electrons. The van der Waals surface area contributed by atoms with Crippen LogP contribution in [0.25, 0.3) is 0 Å². The number of hydrogen-bond donors (Lipinski definition) is 1. The summed E-state index contributed by atoms with van der Waals surface area (Å²) >= 11 is 0. The lowest BCUT2D eigenvalue weighted by Crippen LogP contribution is -2.47. The Hall–Kier alpha value is -1.84. The van der Waals surface area contributed by atoms with Crippen molar-refractivity contribution in [2.75, 3.05) is 7.11 Å². The average molecular weight is 263 g/mol. The molecule has 4 nitrogen and oxygen atoms in total. The second-order valence-corrected chi connectivity index (χ2v) is 5.49. The van der Waals surface area contributed by atoms with E-state index in [0.29, 0.717) is 6.42 Å². The van der Waals surface area contributed by atoms with Gasteiger partial charge in [0.2, 0.25) is 5.91 Å². The Bertz CT molecular complexity index is 434. The monoisotopic (exact) mass is 263 g/mol. The second kappa shape index (κ2) is 6.36. The smallest absolute Gasteiger partial charge is 0.328 e. The number of benzene rings is 1. The Morgan fingerprint density at radius 1 is 1.21 bits per heavy atom. The van der Waals surface area contributed by atoms with Gasteiger partial charge in [0.15, 0.2) is 0 Å². The van der Waals surface area contributed by atoms with Crippen molar-refractivity contribution in [1.82, 2.24) is 5.32 Å². The molecule has 19 heavy (non-hydrogen) atoms. The molecule has 0 fully saturated rings. The molecule has 0 aromatic heterocycles. The lowest BCUT2D eigenvalue weighted by Gasteiger charge is -2.23. The van der Waals surface area contributed by atoms with E-state index in [1.54, 1.807) is 20.8 Å². The highest BCUT2D eigenvalue weighted by Gasteiger charge is 2.28. The predicted octanol–water partition coefficient (Wildman–Crippen LogP) is 1.93. The molecule has 1 amide bonds. The van der Waals surface area contributed by atoms with Gasteiger partial charge < -0.3 is 10.1 Å². The zero-order valence-corrected chi connectivity index (χ0v) is 11.9. The summed E-state index contributed by atoms with van der Waals surface area (Å²) in [6.07, 6.45) is 0.426. The lowest BCUT2D eigenvalue weighted by atomic mass is 9.94. The van der Waals surface area contributed by atoms with Crippen LogP contribution in [0.2, 0.25) is 0 Å². The highest BCUT2D eigenvalue weighted by Crippen LogP contribution is 2.14. The van der Waals surface area contributed by atoms with Crippen LogP contribution < -0.4 is 5.32 Å². The Morgan fingerprint density at radius 3 is 2.26 bits per heavy atom. The molecule has 0 spiro atoms. The van der Waals surface area contributed by atoms with E-state index in [9.17, 15) is 9.59 Å². The quantitative estimate of drug-likeness (QED) is 0.845. The third kappa shape index (κ3) is 4.73. The van der Waals surface area contributed by atoms with Crippen molar-refractivity contribution in [1.29, 1.82) is 0 Å². The number of carbonyl (C=O) groups is 2. The van der Waals surface area contributed by atoms with Gasteiger partial charge in [-0.3, -0.25) is 4.79 Å². The number of esters is 1. The van der Waals surface area contributed by atoms with Gasteiger partial charge in [0.1, 0.15) is 6.04 Å². The Morgan fingerprint density at radius 2 is 1.79 bits per heavy atom. The van der Waals surface area contributed by atoms with E-state index >= 15 is 0 Å². The van der Waals surface area contributed by atoms with Gasteiger partial charge in [0.05, 0.1) is 7.11 Å². The fraction of sp³-hybridized carbons (Fsp3) is 0.467. The van der Waals surface area contributed by atoms with Crippen LogP contribution in [0.5, 0.6) is 0 Å². The van der Waals surface area contributed by atoms with Crippen molar-refractivity contribution >= 4 is 11.9 Å². The first-order valence-corrected chi connectivity index (χ1v) is 6.27. The Kier molecular flexibility index (Phi) is 5.10. The number of rotatable bonds is 4. The van der Waals surface area contributed by atoms with E-state index in [1.807, 2.05) is 30.3 Å². The summed E-state index contributed by atoms with van der Waals surface area (Å²) in [6.45, 7) is 5.41. The van der Waals surface area contributed by atoms with Gasteiger partial charge in [-0.1, -0.05) is 51.1 Å². The van der Waals surface area contributed by atoms with Crippen molar-refractivity contribution in [2.24, 2.45) is 5.41 Å². The molecule has 0 bridgehead atoms. The summed E-state index contributed by atoms with van der Waals surface area (Å²) in [7, 11) is 1.32. The van der Waals surface area contributed by atoms with E-state index in [1.165, 1.54) is 7.11 Å². The molecule has 1 atom stereocenters. The summed E-state index contributed by atoms with van der Waals surface area (Å²) in [5.74, 6) is -0.597. The number of carbonyl (C=O) groups excluding carboxylic acids is 2. The van der Waals surface area contributed by atoms with Gasteiger partial charge in [-0.05, 0) is 5.56 Å². The van der Waals surface area contributed by atoms with E-state index in [2.05, 4.69) is 5.32 Å². The predicted molar refractivity (Wildman–Crippen MR) is 73.5 cm³/mol. The largest absolute Gasteiger partial charge is 0.467 e. The van der Waals surface area contributed by atoms with E-state index in [4.69, 9.17) is 4.74 Å². The molecule has 1 aromatic carbocycles. The zero-order chi connectivity index (χ0) is 14.5. The molecule has 1 N–H and O–H groups in total. The van der Waals surface area contributed by atoms with Crippen molar-refractivity contribution in [3.8, 4) is 0 Å². The van der Waals surface area contributed by atoms with Crippen LogP contribution >= 0.6 is 0 Å². The van der Waals surface area contributed by atoms with Crippen LogP contribution in [0.4, 0.5) is 0 Å². The molecule has 0 unspecified atom stereocenters. The topological polar surface area (TPSA) is 55.4 Å². The molecular formula is C15H21NO3. The minimum Gasteiger partial charge on any atom is -0.467 e. The maximum absolute atomic E-state index is 12.0. The number of hydrogen-bond acceptors (Lipinski definition) is 3. The van der Waals surface area contributed by atoms with E-state index in [0.717, 1.165) is 5.56 Å². The van der Waals surface area contributed by atoms with Crippen LogP contribution in [0.3, 0.4) is 0 Å². The maximum Gasteiger partial charge on any atom is 0.328 e. The molecule has 1 aromatic rings. The molecule has 0 heterocycles. The van der Waals surface area contributed by atoms with E-state index in [-0.39, 0.29) is 5.91 Å². The number of nitrogens with one attached hydrogen (secondary N) is 1. The summed E-state index contributed by atoms with van der Waals surface area (Å²) < 4.78 is 4.74. The Balaban J connectivity index is 2.79. The minimum atomic E-state index is -0.654. The van der Waals surface area contributed by atoms with Gasteiger partial charge in [0, 0.05) is 11.8 Å². The second-order valence-electron chi connectivity index (χ2n) is 5.49. The molecular weight excluding hydrogens is 242 g/mol. The van der Waals surface area contributed by atoms with Crippen LogP contribution in [0.1, 0.15) is 26.3 Å². The molecule has 4 heteroatoms. The fourth-order valence-electron chi connectivity index (χ4n) is 1.56. The molecule has 0 aliphatic heterocycles. The zero-order valence-electron chi connectivity index (χ0n) is 11.9. The highest BCUT2D eigenvalue weighted by atomic mass is 16.5. The molecule has 0 aliphatic carbocycles. The van der Waals surface area contributed by atoms with Crippen molar-refractivity contribution in [3.63, 3.8) is 0 Å². The standard InChI is InChI=1S/C15H21NO3/c1-15(2,3)14(18)16-12(13(17)19-4)10-11-8-6-5-7-9-11/h5-9,12H,10H2,1-4H3,(H,16,18)/t12-/m0/s1. The van der Waals surface area contributed by atoms with Crippen molar-refractivity contribution in [2.45, 2.75) is 33.2 Å². The number of methoxy groups -OCH3 is 1. The molecule has 0 saturated heterocycles. The lowest BCUT2D eigenvalue weighted by molar-refractivity contribution is -0.146. The summed E-state index contributed by atoms with van der Waals surface area (Å²) in [5.41, 5.74) is 0.440. The normalized spacial score (nSPS) is 12.6. The first-order chi connectivity index (χ1) is 8.84. The molecule has 0 radical (unpaired) electrons. The van der Waals surface area contributed by atoms with Gasteiger partial charge in [-0.2, -0.15) is 0 Å². The van der Waals surface area contributed by atoms with Crippen LogP contribution in [-0.2, 0) is 20.7 Å². The minimum absolute atomic E-state index is 0.168. The molecule has 0 aliphatic rings. The summed E-state index contributed by atoms with van der Waals surface area (Å²) in [6, 6.07) is 8.88. The third-order valence-electron chi connectivity index (χ3n) is 2.75. The summed E-state index contributed by atoms with van der Waals surface area (Å²) in [5, 5.41) is 2.74. The first-order valence-electron chi connectivity index (χ1n) is 6.27.